The molecule has 0 fully saturated rings. The molecule has 2 aromatic carbocycles. The van der Waals surface area contributed by atoms with E-state index in [2.05, 4.69) is 25.8 Å². The molecule has 0 aliphatic rings. The van der Waals surface area contributed by atoms with Gasteiger partial charge in [0.25, 0.3) is 0 Å². The Hall–Kier alpha value is -3.35. The van der Waals surface area contributed by atoms with Gasteiger partial charge < -0.3 is 21.3 Å². The van der Waals surface area contributed by atoms with Gasteiger partial charge in [-0.3, -0.25) is 4.79 Å². The molecule has 2 rings (SSSR count). The number of nitrogens with two attached hydrogens (primary N) is 2. The molecule has 0 aliphatic heterocycles. The Bertz CT molecular complexity index is 893. The van der Waals surface area contributed by atoms with Crippen LogP contribution in [-0.2, 0) is 17.6 Å². The molecule has 7 nitrogen and oxygen atoms in total. The molecular formula is C21H25N3O4. The number of guanidine groups is 1. The number of nitrogens with zero attached hydrogens (tertiary/aromatic N) is 1. The van der Waals surface area contributed by atoms with Gasteiger partial charge in [0.15, 0.2) is 5.96 Å². The topological polar surface area (TPSA) is 128 Å². The number of benzene rings is 2. The molecule has 0 unspecified atom stereocenters. The number of hydrogen-bond donors (Lipinski definition) is 3. The summed E-state index contributed by atoms with van der Waals surface area (Å²) in [6.45, 7) is 6.24. The molecule has 2 aromatic rings. The Kier molecular flexibility index (Phi) is 6.41. The van der Waals surface area contributed by atoms with Crippen LogP contribution in [0.4, 0.5) is 5.69 Å². The monoisotopic (exact) mass is 383 g/mol. The molecule has 5 N–H and O–H groups in total. The molecule has 0 atom stereocenters. The summed E-state index contributed by atoms with van der Waals surface area (Å²) in [4.78, 5) is 27.4. The average molecular weight is 383 g/mol. The SMILES string of the molecule is CC(C)(C)Cc1cc(C(=O)Oc2ccc(CC(=O)O)cc2)ccc1N=C(N)N. The van der Waals surface area contributed by atoms with E-state index >= 15 is 0 Å². The lowest BCUT2D eigenvalue weighted by atomic mass is 9.87. The first-order valence-electron chi connectivity index (χ1n) is 8.79. The zero-order valence-corrected chi connectivity index (χ0v) is 16.2. The van der Waals surface area contributed by atoms with Crippen LogP contribution in [0.15, 0.2) is 47.5 Å². The molecule has 0 heterocycles. The lowest BCUT2D eigenvalue weighted by Gasteiger charge is -2.20. The summed E-state index contributed by atoms with van der Waals surface area (Å²) in [7, 11) is 0. The Morgan fingerprint density at radius 3 is 2.25 bits per heavy atom. The minimum atomic E-state index is -0.919. The van der Waals surface area contributed by atoms with Crippen molar-refractivity contribution in [2.24, 2.45) is 21.9 Å². The molecule has 0 aromatic heterocycles. The minimum absolute atomic E-state index is 0.0316. The van der Waals surface area contributed by atoms with E-state index in [0.717, 1.165) is 5.56 Å². The zero-order chi connectivity index (χ0) is 20.9. The largest absolute Gasteiger partial charge is 0.481 e. The maximum absolute atomic E-state index is 12.5. The van der Waals surface area contributed by atoms with Crippen LogP contribution in [-0.4, -0.2) is 23.0 Å². The highest BCUT2D eigenvalue weighted by atomic mass is 16.5. The summed E-state index contributed by atoms with van der Waals surface area (Å²) >= 11 is 0. The maximum atomic E-state index is 12.5. The quantitative estimate of drug-likeness (QED) is 0.304. The van der Waals surface area contributed by atoms with Crippen molar-refractivity contribution in [2.75, 3.05) is 0 Å². The van der Waals surface area contributed by atoms with Gasteiger partial charge in [0.2, 0.25) is 0 Å². The standard InChI is InChI=1S/C21H25N3O4/c1-21(2,3)12-15-11-14(6-9-17(15)24-20(22)23)19(27)28-16-7-4-13(5-8-16)10-18(25)26/h4-9,11H,10,12H2,1-3H3,(H,25,26)(H4,22,23,24). The fourth-order valence-corrected chi connectivity index (χ4v) is 2.69. The summed E-state index contributed by atoms with van der Waals surface area (Å²) in [6, 6.07) is 11.4. The molecule has 28 heavy (non-hydrogen) atoms. The fourth-order valence-electron chi connectivity index (χ4n) is 2.69. The van der Waals surface area contributed by atoms with Crippen molar-refractivity contribution in [2.45, 2.75) is 33.6 Å². The third-order valence-corrected chi connectivity index (χ3v) is 3.77. The van der Waals surface area contributed by atoms with E-state index in [1.807, 2.05) is 0 Å². The molecule has 0 spiro atoms. The van der Waals surface area contributed by atoms with Gasteiger partial charge in [-0.2, -0.15) is 0 Å². The van der Waals surface area contributed by atoms with Gasteiger partial charge in [-0.1, -0.05) is 32.9 Å². The molecule has 148 valence electrons. The number of aliphatic carboxylic acids is 1. The van der Waals surface area contributed by atoms with Crippen LogP contribution in [0.1, 0.15) is 42.3 Å². The highest BCUT2D eigenvalue weighted by Gasteiger charge is 2.17. The van der Waals surface area contributed by atoms with Crippen molar-refractivity contribution in [3.63, 3.8) is 0 Å². The average Bonchev–Trinajstić information content (AvgIpc) is 2.56. The highest BCUT2D eigenvalue weighted by Crippen LogP contribution is 2.29. The van der Waals surface area contributed by atoms with Crippen molar-refractivity contribution < 1.29 is 19.4 Å². The minimum Gasteiger partial charge on any atom is -0.481 e. The van der Waals surface area contributed by atoms with Crippen LogP contribution >= 0.6 is 0 Å². The van der Waals surface area contributed by atoms with Crippen LogP contribution in [0, 0.1) is 5.41 Å². The number of carbonyl (C=O) groups is 2. The van der Waals surface area contributed by atoms with Crippen molar-refractivity contribution in [1.82, 2.24) is 0 Å². The normalized spacial score (nSPS) is 11.0. The van der Waals surface area contributed by atoms with E-state index in [0.29, 0.717) is 29.0 Å². The number of carboxylic acids is 1. The lowest BCUT2D eigenvalue weighted by molar-refractivity contribution is -0.136. The number of carboxylic acid groups (broad SMARTS) is 1. The second kappa shape index (κ2) is 8.56. The Balaban J connectivity index is 2.23. The molecule has 0 saturated heterocycles. The second-order valence-corrected chi connectivity index (χ2v) is 7.72. The third-order valence-electron chi connectivity index (χ3n) is 3.77. The van der Waals surface area contributed by atoms with Crippen LogP contribution in [0.2, 0.25) is 0 Å². The fraction of sp³-hybridized carbons (Fsp3) is 0.286. The van der Waals surface area contributed by atoms with Crippen LogP contribution < -0.4 is 16.2 Å². The van der Waals surface area contributed by atoms with Crippen molar-refractivity contribution in [3.8, 4) is 5.75 Å². The number of esters is 1. The molecule has 0 bridgehead atoms. The van der Waals surface area contributed by atoms with E-state index < -0.39 is 11.9 Å². The van der Waals surface area contributed by atoms with Crippen LogP contribution in [0.3, 0.4) is 0 Å². The third kappa shape index (κ3) is 6.42. The zero-order valence-electron chi connectivity index (χ0n) is 16.2. The molecule has 0 radical (unpaired) electrons. The number of ether oxygens (including phenoxy) is 1. The van der Waals surface area contributed by atoms with Gasteiger partial charge in [0, 0.05) is 0 Å². The molecule has 0 aliphatic carbocycles. The summed E-state index contributed by atoms with van der Waals surface area (Å²) in [5.74, 6) is -1.15. The van der Waals surface area contributed by atoms with Gasteiger partial charge in [-0.05, 0) is 53.3 Å². The molecule has 7 heteroatoms. The summed E-state index contributed by atoms with van der Waals surface area (Å²) in [6.07, 6.45) is 0.584. The van der Waals surface area contributed by atoms with Gasteiger partial charge in [0.05, 0.1) is 17.7 Å². The number of aliphatic imine (C=N–C) groups is 1. The predicted molar refractivity (Wildman–Crippen MR) is 108 cm³/mol. The van der Waals surface area contributed by atoms with E-state index in [4.69, 9.17) is 21.3 Å². The second-order valence-electron chi connectivity index (χ2n) is 7.72. The van der Waals surface area contributed by atoms with Crippen molar-refractivity contribution in [1.29, 1.82) is 0 Å². The van der Waals surface area contributed by atoms with E-state index in [9.17, 15) is 9.59 Å². The van der Waals surface area contributed by atoms with Gasteiger partial charge in [-0.25, -0.2) is 9.79 Å². The maximum Gasteiger partial charge on any atom is 0.343 e. The summed E-state index contributed by atoms with van der Waals surface area (Å²) < 4.78 is 5.39. The first-order valence-corrected chi connectivity index (χ1v) is 8.79. The first-order chi connectivity index (χ1) is 13.0. The first kappa shape index (κ1) is 21.0. The van der Waals surface area contributed by atoms with Gasteiger partial charge >= 0.3 is 11.9 Å². The Morgan fingerprint density at radius 1 is 1.07 bits per heavy atom. The number of carbonyl (C=O) groups excluding carboxylic acids is 1. The molecule has 0 saturated carbocycles. The van der Waals surface area contributed by atoms with Gasteiger partial charge in [-0.15, -0.1) is 0 Å². The molecule has 0 amide bonds. The van der Waals surface area contributed by atoms with E-state index in [1.165, 1.54) is 0 Å². The van der Waals surface area contributed by atoms with Crippen LogP contribution in [0.5, 0.6) is 5.75 Å². The smallest absolute Gasteiger partial charge is 0.343 e. The van der Waals surface area contributed by atoms with Crippen molar-refractivity contribution >= 4 is 23.6 Å². The number of hydrogen-bond acceptors (Lipinski definition) is 4. The highest BCUT2D eigenvalue weighted by molar-refractivity contribution is 5.92. The predicted octanol–water partition coefficient (Wildman–Crippen LogP) is 3.03. The molecular weight excluding hydrogens is 358 g/mol. The summed E-state index contributed by atoms with van der Waals surface area (Å²) in [5, 5.41) is 8.80. The Morgan fingerprint density at radius 2 is 1.71 bits per heavy atom. The Labute approximate surface area is 164 Å². The van der Waals surface area contributed by atoms with Crippen molar-refractivity contribution in [3.05, 3.63) is 59.2 Å². The number of rotatable bonds is 6. The summed E-state index contributed by atoms with van der Waals surface area (Å²) in [5.41, 5.74) is 13.4. The van der Waals surface area contributed by atoms with Gasteiger partial charge in [0.1, 0.15) is 5.75 Å². The van der Waals surface area contributed by atoms with Crippen LogP contribution in [0.25, 0.3) is 0 Å². The van der Waals surface area contributed by atoms with E-state index in [-0.39, 0.29) is 17.8 Å². The lowest BCUT2D eigenvalue weighted by Crippen LogP contribution is -2.22. The van der Waals surface area contributed by atoms with E-state index in [1.54, 1.807) is 42.5 Å².